The number of nitrogens with one attached hydrogen (secondary N) is 1. The Balaban J connectivity index is 1.56. The van der Waals surface area contributed by atoms with Crippen molar-refractivity contribution in [1.82, 2.24) is 19.8 Å². The molecule has 5 rings (SSSR count). The van der Waals surface area contributed by atoms with E-state index in [9.17, 15) is 0 Å². The van der Waals surface area contributed by atoms with E-state index in [1.54, 1.807) is 0 Å². The largest absolute Gasteiger partial charge is 0.368 e. The first kappa shape index (κ1) is 20.1. The predicted molar refractivity (Wildman–Crippen MR) is 124 cm³/mol. The highest BCUT2D eigenvalue weighted by molar-refractivity contribution is 7.21. The highest BCUT2D eigenvalue weighted by atomic mass is 32.1. The Morgan fingerprint density at radius 1 is 1.07 bits per heavy atom. The summed E-state index contributed by atoms with van der Waals surface area (Å²) in [6, 6.07) is 13.5. The quantitative estimate of drug-likeness (QED) is 0.508. The minimum absolute atomic E-state index is 0.0114. The van der Waals surface area contributed by atoms with Gasteiger partial charge in [-0.05, 0) is 50.6 Å². The van der Waals surface area contributed by atoms with Gasteiger partial charge in [0.05, 0.1) is 20.8 Å². The molecule has 3 heterocycles. The average Bonchev–Trinajstić information content (AvgIpc) is 3.08. The van der Waals surface area contributed by atoms with Gasteiger partial charge in [-0.25, -0.2) is 9.56 Å². The molecule has 0 radical (unpaired) electrons. The fourth-order valence-electron chi connectivity index (χ4n) is 4.60. The van der Waals surface area contributed by atoms with Crippen LogP contribution in [0.4, 0.5) is 0 Å². The monoisotopic (exact) mass is 423 g/mol. The van der Waals surface area contributed by atoms with Crippen molar-refractivity contribution in [3.8, 4) is 10.6 Å². The molecule has 30 heavy (non-hydrogen) atoms. The van der Waals surface area contributed by atoms with Crippen LogP contribution in [0.25, 0.3) is 20.8 Å². The summed E-state index contributed by atoms with van der Waals surface area (Å²) >= 11 is 1.86. The maximum absolute atomic E-state index is 5.51. The number of benzene rings is 2. The van der Waals surface area contributed by atoms with Gasteiger partial charge in [0.25, 0.3) is 0 Å². The van der Waals surface area contributed by atoms with Gasteiger partial charge >= 0.3 is 0 Å². The third-order valence-electron chi connectivity index (χ3n) is 6.58. The summed E-state index contributed by atoms with van der Waals surface area (Å²) in [6.07, 6.45) is 1.20. The minimum atomic E-state index is 0.0114. The SMILES string of the molecule is CC(C)(c1ccc2nc3ccc(=[N+]4CCOCC4)cc-3sc2c1)N1CCCNCC1. The third kappa shape index (κ3) is 3.89. The molecular formula is C24H31N4OS+. The van der Waals surface area contributed by atoms with E-state index in [2.05, 4.69) is 65.0 Å². The van der Waals surface area contributed by atoms with Crippen LogP contribution in [-0.4, -0.2) is 62.4 Å². The highest BCUT2D eigenvalue weighted by Crippen LogP contribution is 2.34. The van der Waals surface area contributed by atoms with E-state index in [1.807, 2.05) is 11.3 Å². The number of rotatable bonds is 2. The Kier molecular flexibility index (Phi) is 5.58. The molecule has 2 fully saturated rings. The second-order valence-electron chi connectivity index (χ2n) is 8.80. The summed E-state index contributed by atoms with van der Waals surface area (Å²) < 4.78 is 9.18. The Labute approximate surface area is 182 Å². The van der Waals surface area contributed by atoms with E-state index >= 15 is 0 Å². The zero-order valence-electron chi connectivity index (χ0n) is 18.0. The highest BCUT2D eigenvalue weighted by Gasteiger charge is 2.29. The predicted octanol–water partition coefficient (Wildman–Crippen LogP) is 2.73. The zero-order valence-corrected chi connectivity index (χ0v) is 18.8. The lowest BCUT2D eigenvalue weighted by atomic mass is 9.91. The molecule has 4 aliphatic rings. The summed E-state index contributed by atoms with van der Waals surface area (Å²) in [6.45, 7) is 12.7. The average molecular weight is 424 g/mol. The van der Waals surface area contributed by atoms with Gasteiger partial charge < -0.3 is 10.1 Å². The van der Waals surface area contributed by atoms with Gasteiger partial charge in [-0.15, -0.1) is 11.3 Å². The summed E-state index contributed by atoms with van der Waals surface area (Å²) in [4.78, 5) is 8.82. The molecule has 0 aromatic heterocycles. The molecule has 158 valence electrons. The minimum Gasteiger partial charge on any atom is -0.368 e. The van der Waals surface area contributed by atoms with Gasteiger partial charge in [-0.1, -0.05) is 6.07 Å². The number of hydrogen-bond acceptors (Lipinski definition) is 5. The first-order valence-electron chi connectivity index (χ1n) is 11.1. The molecule has 1 N–H and O–H groups in total. The van der Waals surface area contributed by atoms with Crippen LogP contribution in [0.1, 0.15) is 25.8 Å². The fourth-order valence-corrected chi connectivity index (χ4v) is 5.64. The van der Waals surface area contributed by atoms with Gasteiger partial charge in [0.15, 0.2) is 13.1 Å². The van der Waals surface area contributed by atoms with Crippen molar-refractivity contribution in [3.05, 3.63) is 47.3 Å². The van der Waals surface area contributed by atoms with Crippen LogP contribution in [0, 0.1) is 0 Å². The standard InChI is InChI=1S/C24H31N4OS/c1-24(2,28-10-3-8-25-9-11-28)18-4-6-20-22(16-18)30-23-17-19(5-7-21(23)26-20)27-12-14-29-15-13-27/h4-7,16-17,25H,3,8-15H2,1-2H3/q+1. The normalized spacial score (nSPS) is 19.3. The van der Waals surface area contributed by atoms with Gasteiger partial charge in [0.1, 0.15) is 13.2 Å². The van der Waals surface area contributed by atoms with E-state index in [0.717, 1.165) is 63.7 Å². The van der Waals surface area contributed by atoms with Gasteiger partial charge in [0.2, 0.25) is 5.36 Å². The van der Waals surface area contributed by atoms with Crippen molar-refractivity contribution in [2.75, 3.05) is 52.5 Å². The molecule has 0 atom stereocenters. The number of nitrogens with zero attached hydrogens (tertiary/aromatic N) is 3. The van der Waals surface area contributed by atoms with Crippen LogP contribution < -0.4 is 15.2 Å². The van der Waals surface area contributed by atoms with Gasteiger partial charge in [-0.3, -0.25) is 4.90 Å². The molecule has 0 bridgehead atoms. The van der Waals surface area contributed by atoms with Crippen LogP contribution in [0.15, 0.2) is 36.4 Å². The fraction of sp³-hybridized carbons (Fsp3) is 0.500. The number of fused-ring (bicyclic) bond motifs is 2. The van der Waals surface area contributed by atoms with E-state index in [4.69, 9.17) is 9.72 Å². The topological polar surface area (TPSA) is 40.4 Å². The van der Waals surface area contributed by atoms with Gasteiger partial charge in [-0.2, -0.15) is 0 Å². The van der Waals surface area contributed by atoms with Crippen molar-refractivity contribution in [2.45, 2.75) is 25.8 Å². The van der Waals surface area contributed by atoms with Crippen molar-refractivity contribution in [2.24, 2.45) is 0 Å². The molecule has 3 aliphatic heterocycles. The summed E-state index contributed by atoms with van der Waals surface area (Å²) in [7, 11) is 0. The van der Waals surface area contributed by atoms with E-state index in [-0.39, 0.29) is 5.54 Å². The number of aromatic nitrogens is 1. The lowest BCUT2D eigenvalue weighted by Gasteiger charge is -2.38. The van der Waals surface area contributed by atoms with Crippen LogP contribution >= 0.6 is 11.3 Å². The molecular weight excluding hydrogens is 392 g/mol. The molecule has 5 nitrogen and oxygen atoms in total. The second kappa shape index (κ2) is 8.35. The molecule has 0 unspecified atom stereocenters. The summed E-state index contributed by atoms with van der Waals surface area (Å²) in [5, 5.41) is 4.80. The maximum atomic E-state index is 5.51. The smallest absolute Gasteiger partial charge is 0.201 e. The number of hydrogen-bond donors (Lipinski definition) is 1. The van der Waals surface area contributed by atoms with Crippen molar-refractivity contribution >= 4 is 21.6 Å². The van der Waals surface area contributed by atoms with E-state index in [1.165, 1.54) is 26.9 Å². The maximum Gasteiger partial charge on any atom is 0.201 e. The molecule has 1 aromatic carbocycles. The van der Waals surface area contributed by atoms with Crippen molar-refractivity contribution in [3.63, 3.8) is 0 Å². The lowest BCUT2D eigenvalue weighted by molar-refractivity contribution is 0.0966. The van der Waals surface area contributed by atoms with Crippen LogP contribution in [0.3, 0.4) is 0 Å². The first-order chi connectivity index (χ1) is 14.6. The van der Waals surface area contributed by atoms with Crippen LogP contribution in [-0.2, 0) is 10.3 Å². The summed E-state index contributed by atoms with van der Waals surface area (Å²) in [5.41, 5.74) is 3.55. The van der Waals surface area contributed by atoms with E-state index in [0.29, 0.717) is 0 Å². The Hall–Kier alpha value is -1.86. The Bertz CT molecular complexity index is 1070. The van der Waals surface area contributed by atoms with Gasteiger partial charge in [0, 0.05) is 37.3 Å². The molecule has 6 heteroatoms. The molecule has 0 amide bonds. The molecule has 0 saturated carbocycles. The zero-order chi connectivity index (χ0) is 20.6. The number of ether oxygens (including phenoxy) is 1. The molecule has 1 aromatic rings. The summed E-state index contributed by atoms with van der Waals surface area (Å²) in [5.74, 6) is 0. The molecule has 0 spiro atoms. The third-order valence-corrected chi connectivity index (χ3v) is 7.67. The molecule has 1 aliphatic carbocycles. The van der Waals surface area contributed by atoms with E-state index < -0.39 is 0 Å². The number of morpholine rings is 1. The van der Waals surface area contributed by atoms with Crippen LogP contribution in [0.2, 0.25) is 0 Å². The molecule has 2 saturated heterocycles. The van der Waals surface area contributed by atoms with Crippen molar-refractivity contribution in [1.29, 1.82) is 0 Å². The Morgan fingerprint density at radius 3 is 2.80 bits per heavy atom. The first-order valence-corrected chi connectivity index (χ1v) is 11.9. The van der Waals surface area contributed by atoms with Crippen LogP contribution in [0.5, 0.6) is 0 Å². The lowest BCUT2D eigenvalue weighted by Crippen LogP contribution is -2.43. The van der Waals surface area contributed by atoms with Crippen molar-refractivity contribution < 1.29 is 4.74 Å². The Morgan fingerprint density at radius 2 is 1.93 bits per heavy atom. The second-order valence-corrected chi connectivity index (χ2v) is 9.88.